The monoisotopic (exact) mass is 625 g/mol. The van der Waals surface area contributed by atoms with Crippen LogP contribution in [-0.4, -0.2) is 68.8 Å². The van der Waals surface area contributed by atoms with Crippen LogP contribution in [0.15, 0.2) is 0 Å². The first-order valence-corrected chi connectivity index (χ1v) is 18.7. The van der Waals surface area contributed by atoms with Crippen LogP contribution in [0, 0.1) is 17.8 Å². The van der Waals surface area contributed by atoms with Gasteiger partial charge < -0.3 is 25.8 Å². The van der Waals surface area contributed by atoms with Gasteiger partial charge in [-0.1, -0.05) is 33.1 Å². The van der Waals surface area contributed by atoms with Gasteiger partial charge in [0.2, 0.25) is 17.8 Å². The molecular formula is C37H68N8. The molecule has 256 valence electrons. The van der Waals surface area contributed by atoms with Gasteiger partial charge >= 0.3 is 0 Å². The lowest BCUT2D eigenvalue weighted by atomic mass is 9.79. The highest BCUT2D eigenvalue weighted by Gasteiger charge is 2.43. The Morgan fingerprint density at radius 2 is 1.13 bits per heavy atom. The summed E-state index contributed by atoms with van der Waals surface area (Å²) in [4.78, 5) is 21.1. The second kappa shape index (κ2) is 13.4. The molecule has 3 unspecified atom stereocenters. The van der Waals surface area contributed by atoms with Crippen LogP contribution in [0.1, 0.15) is 146 Å². The summed E-state index contributed by atoms with van der Waals surface area (Å²) in [5.74, 6) is 5.09. The Balaban J connectivity index is 1.53. The minimum atomic E-state index is 0.0506. The van der Waals surface area contributed by atoms with Gasteiger partial charge in [-0.3, -0.25) is 0 Å². The molecule has 2 saturated heterocycles. The smallest absolute Gasteiger partial charge is 0.232 e. The average Bonchev–Trinajstić information content (AvgIpc) is 3.53. The number of unbranched alkanes of at least 4 members (excludes halogenated alkanes) is 2. The zero-order valence-corrected chi connectivity index (χ0v) is 30.7. The van der Waals surface area contributed by atoms with E-state index < -0.39 is 0 Å². The van der Waals surface area contributed by atoms with Crippen LogP contribution in [0.2, 0.25) is 0 Å². The lowest BCUT2D eigenvalue weighted by Crippen LogP contribution is -2.63. The van der Waals surface area contributed by atoms with Crippen LogP contribution in [0.5, 0.6) is 0 Å². The normalized spacial score (nSPS) is 28.7. The standard InChI is InChI=1S/C37H68N8/c1-11-13-17-44(29-21-34(3,4)42-35(5,6)22-29)32-39-31(38-25-28-20-26-15-16-27(28)19-26)40-33(41-32)45(18-14-12-2)30-23-36(7,8)43-37(9,10)24-30/h26-30,42-43H,11-25H2,1-10H3,(H,38,39,40,41). The highest BCUT2D eigenvalue weighted by Crippen LogP contribution is 2.48. The molecule has 2 bridgehead atoms. The Bertz CT molecular complexity index is 1030. The largest absolute Gasteiger partial charge is 0.354 e. The molecule has 3 N–H and O–H groups in total. The molecule has 4 aliphatic rings. The van der Waals surface area contributed by atoms with Crippen molar-refractivity contribution in [2.24, 2.45) is 17.8 Å². The second-order valence-corrected chi connectivity index (χ2v) is 18.1. The third-order valence-electron chi connectivity index (χ3n) is 11.3. The Hall–Kier alpha value is -1.67. The van der Waals surface area contributed by atoms with E-state index in [9.17, 15) is 0 Å². The Labute approximate surface area is 276 Å². The van der Waals surface area contributed by atoms with Crippen molar-refractivity contribution in [1.82, 2.24) is 25.6 Å². The van der Waals surface area contributed by atoms with E-state index in [0.29, 0.717) is 12.1 Å². The first kappa shape index (κ1) is 34.7. The maximum atomic E-state index is 5.45. The van der Waals surface area contributed by atoms with E-state index in [1.54, 1.807) is 0 Å². The number of nitrogens with zero attached hydrogens (tertiary/aromatic N) is 5. The van der Waals surface area contributed by atoms with Gasteiger partial charge in [0.05, 0.1) is 0 Å². The Morgan fingerprint density at radius 3 is 1.51 bits per heavy atom. The molecule has 2 saturated carbocycles. The van der Waals surface area contributed by atoms with Gasteiger partial charge in [0, 0.05) is 53.9 Å². The number of anilines is 3. The van der Waals surface area contributed by atoms with E-state index in [1.807, 2.05) is 0 Å². The minimum absolute atomic E-state index is 0.0506. The quantitative estimate of drug-likeness (QED) is 0.208. The van der Waals surface area contributed by atoms with E-state index in [1.165, 1.54) is 25.7 Å². The van der Waals surface area contributed by atoms with Gasteiger partial charge in [-0.15, -0.1) is 0 Å². The predicted octanol–water partition coefficient (Wildman–Crippen LogP) is 7.55. The van der Waals surface area contributed by atoms with Crippen molar-refractivity contribution in [1.29, 1.82) is 0 Å². The third-order valence-corrected chi connectivity index (χ3v) is 11.3. The third kappa shape index (κ3) is 8.82. The molecule has 3 heterocycles. The number of piperidine rings is 2. The Kier molecular flexibility index (Phi) is 10.4. The van der Waals surface area contributed by atoms with Crippen molar-refractivity contribution in [3.05, 3.63) is 0 Å². The highest BCUT2D eigenvalue weighted by atomic mass is 15.4. The average molecular weight is 625 g/mol. The number of hydrogen-bond donors (Lipinski definition) is 3. The summed E-state index contributed by atoms with van der Waals surface area (Å²) >= 11 is 0. The van der Waals surface area contributed by atoms with Crippen LogP contribution < -0.4 is 25.8 Å². The first-order valence-electron chi connectivity index (χ1n) is 18.7. The molecule has 3 atom stereocenters. The molecule has 0 spiro atoms. The van der Waals surface area contributed by atoms with Crippen LogP contribution in [-0.2, 0) is 0 Å². The highest BCUT2D eigenvalue weighted by molar-refractivity contribution is 5.47. The van der Waals surface area contributed by atoms with E-state index in [2.05, 4.69) is 95.0 Å². The van der Waals surface area contributed by atoms with Crippen molar-refractivity contribution >= 4 is 17.8 Å². The molecule has 0 amide bonds. The molecule has 1 aromatic rings. The lowest BCUT2D eigenvalue weighted by Gasteiger charge is -2.50. The second-order valence-electron chi connectivity index (χ2n) is 18.1. The van der Waals surface area contributed by atoms with Gasteiger partial charge in [0.1, 0.15) is 0 Å². The fraction of sp³-hybridized carbons (Fsp3) is 0.919. The molecule has 0 aromatic carbocycles. The number of rotatable bonds is 13. The molecule has 8 heteroatoms. The summed E-state index contributed by atoms with van der Waals surface area (Å²) in [6.07, 6.45) is 14.5. The SMILES string of the molecule is CCCCN(c1nc(NCC2CC3CCC2C3)nc(N(CCCC)C2CC(C)(C)NC(C)(C)C2)n1)C1CC(C)(C)NC(C)(C)C1. The van der Waals surface area contributed by atoms with Gasteiger partial charge in [-0.2, -0.15) is 15.0 Å². The molecule has 4 fully saturated rings. The number of fused-ring (bicyclic) bond motifs is 2. The van der Waals surface area contributed by atoms with Crippen molar-refractivity contribution < 1.29 is 0 Å². The van der Waals surface area contributed by atoms with E-state index in [-0.39, 0.29) is 22.2 Å². The number of aromatic nitrogens is 3. The van der Waals surface area contributed by atoms with Crippen LogP contribution >= 0.6 is 0 Å². The zero-order valence-electron chi connectivity index (χ0n) is 30.7. The summed E-state index contributed by atoms with van der Waals surface area (Å²) in [6.45, 7) is 26.4. The fourth-order valence-electron chi connectivity index (χ4n) is 10.1. The predicted molar refractivity (Wildman–Crippen MR) is 190 cm³/mol. The fourth-order valence-corrected chi connectivity index (χ4v) is 10.1. The van der Waals surface area contributed by atoms with Crippen molar-refractivity contribution in [3.8, 4) is 0 Å². The first-order chi connectivity index (χ1) is 21.1. The molecule has 2 aliphatic heterocycles. The zero-order chi connectivity index (χ0) is 32.6. The molecule has 5 rings (SSSR count). The maximum Gasteiger partial charge on any atom is 0.232 e. The molecule has 0 radical (unpaired) electrons. The van der Waals surface area contributed by atoms with E-state index in [0.717, 1.165) is 107 Å². The maximum absolute atomic E-state index is 5.45. The molecule has 45 heavy (non-hydrogen) atoms. The molecule has 1 aromatic heterocycles. The van der Waals surface area contributed by atoms with Crippen molar-refractivity contribution in [2.45, 2.75) is 181 Å². The van der Waals surface area contributed by atoms with Crippen LogP contribution in [0.3, 0.4) is 0 Å². The summed E-state index contributed by atoms with van der Waals surface area (Å²) < 4.78 is 0. The van der Waals surface area contributed by atoms with Gasteiger partial charge in [-0.05, 0) is 131 Å². The summed E-state index contributed by atoms with van der Waals surface area (Å²) in [5.41, 5.74) is 0.203. The van der Waals surface area contributed by atoms with E-state index >= 15 is 0 Å². The summed E-state index contributed by atoms with van der Waals surface area (Å²) in [6, 6.07) is 0.745. The van der Waals surface area contributed by atoms with Crippen molar-refractivity contribution in [3.63, 3.8) is 0 Å². The minimum Gasteiger partial charge on any atom is -0.354 e. The van der Waals surface area contributed by atoms with Gasteiger partial charge in [0.15, 0.2) is 0 Å². The molecular weight excluding hydrogens is 556 g/mol. The molecule has 8 nitrogen and oxygen atoms in total. The van der Waals surface area contributed by atoms with Crippen LogP contribution in [0.4, 0.5) is 17.8 Å². The van der Waals surface area contributed by atoms with Gasteiger partial charge in [0.25, 0.3) is 0 Å². The number of nitrogens with one attached hydrogen (secondary N) is 3. The number of hydrogen-bond acceptors (Lipinski definition) is 8. The summed E-state index contributed by atoms with van der Waals surface area (Å²) in [5, 5.41) is 11.6. The van der Waals surface area contributed by atoms with Gasteiger partial charge in [-0.25, -0.2) is 0 Å². The van der Waals surface area contributed by atoms with Crippen molar-refractivity contribution in [2.75, 3.05) is 34.8 Å². The lowest BCUT2D eigenvalue weighted by molar-refractivity contribution is 0.157. The van der Waals surface area contributed by atoms with E-state index in [4.69, 9.17) is 15.0 Å². The molecule has 2 aliphatic carbocycles. The topological polar surface area (TPSA) is 81.2 Å². The van der Waals surface area contributed by atoms with Crippen LogP contribution in [0.25, 0.3) is 0 Å². The Morgan fingerprint density at radius 1 is 0.667 bits per heavy atom. The summed E-state index contributed by atoms with van der Waals surface area (Å²) in [7, 11) is 0.